The molecule has 1 N–H and O–H groups in total. The van der Waals surface area contributed by atoms with Gasteiger partial charge in [-0.3, -0.25) is 4.79 Å². The van der Waals surface area contributed by atoms with E-state index in [4.69, 9.17) is 28.3 Å². The Morgan fingerprint density at radius 3 is 2.68 bits per heavy atom. The highest BCUT2D eigenvalue weighted by Crippen LogP contribution is 2.30. The van der Waals surface area contributed by atoms with Gasteiger partial charge in [0.25, 0.3) is 0 Å². The van der Waals surface area contributed by atoms with Gasteiger partial charge in [0, 0.05) is 10.9 Å². The number of halogens is 2. The highest BCUT2D eigenvalue weighted by molar-refractivity contribution is 7.13. The topological polar surface area (TPSA) is 50.2 Å². The summed E-state index contributed by atoms with van der Waals surface area (Å²) in [5.74, 6) is -0.851. The second-order valence-electron chi connectivity index (χ2n) is 5.31. The second-order valence-corrected chi connectivity index (χ2v) is 6.98. The number of hydrogen-bond donors (Lipinski definition) is 1. The molecule has 0 aliphatic heterocycles. The number of carboxylic acids is 1. The summed E-state index contributed by atoms with van der Waals surface area (Å²) in [5.41, 5.74) is 3.35. The van der Waals surface area contributed by atoms with Crippen molar-refractivity contribution in [2.45, 2.75) is 6.42 Å². The summed E-state index contributed by atoms with van der Waals surface area (Å²) in [6.07, 6.45) is 3.75. The van der Waals surface area contributed by atoms with E-state index >= 15 is 0 Å². The Labute approximate surface area is 159 Å². The molecule has 25 heavy (non-hydrogen) atoms. The zero-order chi connectivity index (χ0) is 17.8. The van der Waals surface area contributed by atoms with Gasteiger partial charge in [0.2, 0.25) is 0 Å². The Morgan fingerprint density at radius 1 is 1.12 bits per heavy atom. The molecule has 3 nitrogen and oxygen atoms in total. The maximum atomic E-state index is 11.0. The van der Waals surface area contributed by atoms with Gasteiger partial charge in [-0.1, -0.05) is 59.6 Å². The molecule has 3 aromatic rings. The highest BCUT2D eigenvalue weighted by Gasteiger charge is 2.07. The number of thiazole rings is 1. The molecule has 0 saturated carbocycles. The number of aliphatic carboxylic acids is 1. The van der Waals surface area contributed by atoms with Crippen molar-refractivity contribution < 1.29 is 9.90 Å². The standard InChI is InChI=1S/C19H13Cl2NO2S/c20-16-8-6-14(9-17(16)21)19-22-15(11-25-19)7-5-12-3-1-2-4-13(12)10-18(23)24/h1-9,11H,10H2,(H,23,24)/b7-5+. The summed E-state index contributed by atoms with van der Waals surface area (Å²) in [6.45, 7) is 0. The van der Waals surface area contributed by atoms with Crippen molar-refractivity contribution in [3.05, 3.63) is 74.7 Å². The molecule has 0 atom stereocenters. The predicted octanol–water partition coefficient (Wildman–Crippen LogP) is 5.91. The lowest BCUT2D eigenvalue weighted by Gasteiger charge is -2.02. The Kier molecular flexibility index (Phi) is 5.53. The molecule has 0 bridgehead atoms. The van der Waals surface area contributed by atoms with Crippen LogP contribution in [0.5, 0.6) is 0 Å². The van der Waals surface area contributed by atoms with Crippen molar-refractivity contribution in [3.63, 3.8) is 0 Å². The lowest BCUT2D eigenvalue weighted by Crippen LogP contribution is -2.01. The zero-order valence-corrected chi connectivity index (χ0v) is 15.3. The average Bonchev–Trinajstić information content (AvgIpc) is 3.05. The van der Waals surface area contributed by atoms with E-state index in [0.29, 0.717) is 10.0 Å². The van der Waals surface area contributed by atoms with Crippen LogP contribution in [0.15, 0.2) is 47.8 Å². The molecule has 2 aromatic carbocycles. The van der Waals surface area contributed by atoms with Crippen molar-refractivity contribution in [2.75, 3.05) is 0 Å². The normalized spacial score (nSPS) is 11.1. The first-order chi connectivity index (χ1) is 12.0. The second kappa shape index (κ2) is 7.83. The lowest BCUT2D eigenvalue weighted by atomic mass is 10.0. The quantitative estimate of drug-likeness (QED) is 0.589. The molecular weight excluding hydrogens is 377 g/mol. The van der Waals surface area contributed by atoms with Gasteiger partial charge in [0.15, 0.2) is 0 Å². The molecule has 6 heteroatoms. The number of nitrogens with zero attached hydrogens (tertiary/aromatic N) is 1. The van der Waals surface area contributed by atoms with Gasteiger partial charge < -0.3 is 5.11 Å². The molecule has 0 spiro atoms. The predicted molar refractivity (Wildman–Crippen MR) is 104 cm³/mol. The highest BCUT2D eigenvalue weighted by atomic mass is 35.5. The van der Waals surface area contributed by atoms with Gasteiger partial charge in [-0.2, -0.15) is 0 Å². The Hall–Kier alpha value is -2.14. The molecule has 0 amide bonds. The first-order valence-electron chi connectivity index (χ1n) is 7.41. The maximum Gasteiger partial charge on any atom is 0.307 e. The van der Waals surface area contributed by atoms with Gasteiger partial charge in [-0.15, -0.1) is 11.3 Å². The number of carboxylic acid groups (broad SMARTS) is 1. The monoisotopic (exact) mass is 389 g/mol. The molecule has 0 aliphatic rings. The summed E-state index contributed by atoms with van der Waals surface area (Å²) >= 11 is 13.5. The Morgan fingerprint density at radius 2 is 1.92 bits per heavy atom. The molecule has 1 aromatic heterocycles. The van der Waals surface area contributed by atoms with E-state index in [9.17, 15) is 4.79 Å². The SMILES string of the molecule is O=C(O)Cc1ccccc1/C=C/c1csc(-c2ccc(Cl)c(Cl)c2)n1. The van der Waals surface area contributed by atoms with Crippen molar-refractivity contribution in [2.24, 2.45) is 0 Å². The molecule has 126 valence electrons. The van der Waals surface area contributed by atoms with Crippen LogP contribution < -0.4 is 0 Å². The van der Waals surface area contributed by atoms with Gasteiger partial charge in [-0.25, -0.2) is 4.98 Å². The number of benzene rings is 2. The van der Waals surface area contributed by atoms with Crippen LogP contribution in [-0.4, -0.2) is 16.1 Å². The van der Waals surface area contributed by atoms with E-state index in [1.807, 2.05) is 47.9 Å². The molecule has 0 unspecified atom stereocenters. The minimum absolute atomic E-state index is 0.00783. The van der Waals surface area contributed by atoms with E-state index in [2.05, 4.69) is 4.98 Å². The molecule has 1 heterocycles. The minimum Gasteiger partial charge on any atom is -0.481 e. The van der Waals surface area contributed by atoms with E-state index in [-0.39, 0.29) is 6.42 Å². The fourth-order valence-electron chi connectivity index (χ4n) is 2.32. The fourth-order valence-corrected chi connectivity index (χ4v) is 3.40. The van der Waals surface area contributed by atoms with Gasteiger partial charge in [0.1, 0.15) is 5.01 Å². The molecular formula is C19H13Cl2NO2S. The third-order valence-electron chi connectivity index (χ3n) is 3.52. The Balaban J connectivity index is 1.83. The van der Waals surface area contributed by atoms with E-state index < -0.39 is 5.97 Å². The summed E-state index contributed by atoms with van der Waals surface area (Å²) in [4.78, 5) is 15.5. The fraction of sp³-hybridized carbons (Fsp3) is 0.0526. The van der Waals surface area contributed by atoms with Crippen LogP contribution in [0.2, 0.25) is 10.0 Å². The number of aromatic nitrogens is 1. The minimum atomic E-state index is -0.851. The largest absolute Gasteiger partial charge is 0.481 e. The number of carbonyl (C=O) groups is 1. The van der Waals surface area contributed by atoms with Crippen LogP contribution in [0.4, 0.5) is 0 Å². The summed E-state index contributed by atoms with van der Waals surface area (Å²) in [6, 6.07) is 12.8. The lowest BCUT2D eigenvalue weighted by molar-refractivity contribution is -0.136. The van der Waals surface area contributed by atoms with Crippen LogP contribution in [0.3, 0.4) is 0 Å². The summed E-state index contributed by atoms with van der Waals surface area (Å²) in [7, 11) is 0. The third kappa shape index (κ3) is 4.48. The summed E-state index contributed by atoms with van der Waals surface area (Å²) in [5, 5.41) is 12.8. The van der Waals surface area contributed by atoms with E-state index in [1.165, 1.54) is 11.3 Å². The van der Waals surface area contributed by atoms with E-state index in [0.717, 1.165) is 27.4 Å². The van der Waals surface area contributed by atoms with Crippen molar-refractivity contribution in [3.8, 4) is 10.6 Å². The van der Waals surface area contributed by atoms with Gasteiger partial charge in [0.05, 0.1) is 22.2 Å². The van der Waals surface area contributed by atoms with Gasteiger partial charge in [-0.05, 0) is 29.3 Å². The molecule has 0 aliphatic carbocycles. The number of hydrogen-bond acceptors (Lipinski definition) is 3. The van der Waals surface area contributed by atoms with Crippen LogP contribution in [-0.2, 0) is 11.2 Å². The third-order valence-corrected chi connectivity index (χ3v) is 5.17. The van der Waals surface area contributed by atoms with Gasteiger partial charge >= 0.3 is 5.97 Å². The van der Waals surface area contributed by atoms with Crippen LogP contribution in [0.25, 0.3) is 22.7 Å². The van der Waals surface area contributed by atoms with Crippen LogP contribution in [0, 0.1) is 0 Å². The zero-order valence-electron chi connectivity index (χ0n) is 12.9. The van der Waals surface area contributed by atoms with Crippen molar-refractivity contribution >= 4 is 52.7 Å². The number of rotatable bonds is 5. The smallest absolute Gasteiger partial charge is 0.307 e. The Bertz CT molecular complexity index is 950. The van der Waals surface area contributed by atoms with Crippen molar-refractivity contribution in [1.82, 2.24) is 4.98 Å². The van der Waals surface area contributed by atoms with E-state index in [1.54, 1.807) is 12.1 Å². The van der Waals surface area contributed by atoms with Crippen LogP contribution in [0.1, 0.15) is 16.8 Å². The van der Waals surface area contributed by atoms with Crippen LogP contribution >= 0.6 is 34.5 Å². The first-order valence-corrected chi connectivity index (χ1v) is 9.05. The first kappa shape index (κ1) is 17.7. The molecule has 0 fully saturated rings. The molecule has 0 radical (unpaired) electrons. The molecule has 0 saturated heterocycles. The average molecular weight is 390 g/mol. The summed E-state index contributed by atoms with van der Waals surface area (Å²) < 4.78 is 0. The maximum absolute atomic E-state index is 11.0. The molecule has 3 rings (SSSR count). The van der Waals surface area contributed by atoms with Crippen molar-refractivity contribution in [1.29, 1.82) is 0 Å².